The third kappa shape index (κ3) is 3.42. The molecule has 2 aromatic carbocycles. The fourth-order valence-corrected chi connectivity index (χ4v) is 2.99. The monoisotopic (exact) mass is 309 g/mol. The first-order valence-electron chi connectivity index (χ1n) is 7.77. The van der Waals surface area contributed by atoms with E-state index in [0.717, 1.165) is 17.5 Å². The van der Waals surface area contributed by atoms with Crippen molar-refractivity contribution < 1.29 is 14.7 Å². The lowest BCUT2D eigenvalue weighted by atomic mass is 9.77. The van der Waals surface area contributed by atoms with E-state index in [2.05, 4.69) is 5.32 Å². The van der Waals surface area contributed by atoms with Crippen LogP contribution in [0.5, 0.6) is 0 Å². The minimum atomic E-state index is -0.886. The van der Waals surface area contributed by atoms with Crippen LogP contribution >= 0.6 is 0 Å². The summed E-state index contributed by atoms with van der Waals surface area (Å²) in [5, 5.41) is 12.2. The fourth-order valence-electron chi connectivity index (χ4n) is 2.99. The summed E-state index contributed by atoms with van der Waals surface area (Å²) in [7, 11) is 0. The Kier molecular flexibility index (Phi) is 4.42. The minimum Gasteiger partial charge on any atom is -0.481 e. The Morgan fingerprint density at radius 1 is 1.09 bits per heavy atom. The van der Waals surface area contributed by atoms with Gasteiger partial charge in [-0.1, -0.05) is 54.6 Å². The molecule has 0 fully saturated rings. The van der Waals surface area contributed by atoms with E-state index in [-0.39, 0.29) is 18.4 Å². The Bertz CT molecular complexity index is 712. The van der Waals surface area contributed by atoms with Gasteiger partial charge in [-0.2, -0.15) is 0 Å². The van der Waals surface area contributed by atoms with Crippen LogP contribution in [0.1, 0.15) is 22.6 Å². The number of carboxylic acids is 1. The van der Waals surface area contributed by atoms with Crippen molar-refractivity contribution >= 4 is 11.9 Å². The zero-order valence-electron chi connectivity index (χ0n) is 12.7. The van der Waals surface area contributed by atoms with Gasteiger partial charge in [0.15, 0.2) is 0 Å². The van der Waals surface area contributed by atoms with Crippen LogP contribution in [0.15, 0.2) is 54.6 Å². The van der Waals surface area contributed by atoms with E-state index >= 15 is 0 Å². The average molecular weight is 309 g/mol. The summed E-state index contributed by atoms with van der Waals surface area (Å²) in [5.41, 5.74) is 3.22. The topological polar surface area (TPSA) is 66.4 Å². The lowest BCUT2D eigenvalue weighted by Crippen LogP contribution is -2.40. The van der Waals surface area contributed by atoms with Gasteiger partial charge in [-0.05, 0) is 29.5 Å². The van der Waals surface area contributed by atoms with Crippen LogP contribution in [0.2, 0.25) is 0 Å². The van der Waals surface area contributed by atoms with E-state index in [1.165, 1.54) is 5.56 Å². The zero-order chi connectivity index (χ0) is 16.2. The van der Waals surface area contributed by atoms with Gasteiger partial charge in [-0.25, -0.2) is 0 Å². The van der Waals surface area contributed by atoms with E-state index in [1.807, 2.05) is 54.6 Å². The summed E-state index contributed by atoms with van der Waals surface area (Å²) < 4.78 is 0. The predicted molar refractivity (Wildman–Crippen MR) is 87.2 cm³/mol. The maximum absolute atomic E-state index is 12.3. The number of rotatable bonds is 6. The fraction of sp³-hybridized carbons (Fsp3) is 0.263. The maximum atomic E-state index is 12.3. The molecule has 1 amide bonds. The van der Waals surface area contributed by atoms with Crippen molar-refractivity contribution in [2.45, 2.75) is 18.8 Å². The van der Waals surface area contributed by atoms with Gasteiger partial charge < -0.3 is 10.4 Å². The third-order valence-electron chi connectivity index (χ3n) is 4.37. The molecule has 118 valence electrons. The summed E-state index contributed by atoms with van der Waals surface area (Å²) in [4.78, 5) is 23.7. The van der Waals surface area contributed by atoms with Crippen LogP contribution in [0.25, 0.3) is 0 Å². The summed E-state index contributed by atoms with van der Waals surface area (Å²) >= 11 is 0. The molecule has 0 spiro atoms. The SMILES string of the molecule is O=C(O)C(CNC(=O)C1Cc2ccccc21)Cc1ccccc1. The second-order valence-corrected chi connectivity index (χ2v) is 5.93. The van der Waals surface area contributed by atoms with Crippen molar-refractivity contribution in [3.63, 3.8) is 0 Å². The van der Waals surface area contributed by atoms with Gasteiger partial charge in [-0.15, -0.1) is 0 Å². The number of hydrogen-bond acceptors (Lipinski definition) is 2. The lowest BCUT2D eigenvalue weighted by Gasteiger charge is -2.29. The number of carbonyl (C=O) groups is 2. The minimum absolute atomic E-state index is 0.0805. The highest BCUT2D eigenvalue weighted by Gasteiger charge is 2.32. The van der Waals surface area contributed by atoms with Crippen LogP contribution in [0.4, 0.5) is 0 Å². The third-order valence-corrected chi connectivity index (χ3v) is 4.37. The van der Waals surface area contributed by atoms with E-state index in [9.17, 15) is 14.7 Å². The van der Waals surface area contributed by atoms with E-state index in [1.54, 1.807) is 0 Å². The summed E-state index contributed by atoms with van der Waals surface area (Å²) in [6.07, 6.45) is 1.15. The van der Waals surface area contributed by atoms with E-state index in [4.69, 9.17) is 0 Å². The zero-order valence-corrected chi connectivity index (χ0v) is 12.7. The number of aliphatic carboxylic acids is 1. The van der Waals surface area contributed by atoms with Crippen LogP contribution in [-0.2, 0) is 22.4 Å². The van der Waals surface area contributed by atoms with Gasteiger partial charge in [0.2, 0.25) is 5.91 Å². The first-order valence-corrected chi connectivity index (χ1v) is 7.77. The van der Waals surface area contributed by atoms with Crippen molar-refractivity contribution in [1.29, 1.82) is 0 Å². The van der Waals surface area contributed by atoms with Crippen LogP contribution in [-0.4, -0.2) is 23.5 Å². The number of fused-ring (bicyclic) bond motifs is 1. The molecule has 0 saturated carbocycles. The average Bonchev–Trinajstić information content (AvgIpc) is 2.53. The molecule has 0 radical (unpaired) electrons. The molecule has 1 aliphatic carbocycles. The predicted octanol–water partition coefficient (Wildman–Crippen LogP) is 2.39. The lowest BCUT2D eigenvalue weighted by molar-refractivity contribution is -0.141. The molecule has 2 N–H and O–H groups in total. The van der Waals surface area contributed by atoms with E-state index in [0.29, 0.717) is 6.42 Å². The molecule has 2 unspecified atom stereocenters. The molecule has 4 heteroatoms. The molecular formula is C19H19NO3. The molecule has 0 aliphatic heterocycles. The summed E-state index contributed by atoms with van der Waals surface area (Å²) in [6.45, 7) is 0.154. The summed E-state index contributed by atoms with van der Waals surface area (Å²) in [5.74, 6) is -1.72. The number of benzene rings is 2. The second-order valence-electron chi connectivity index (χ2n) is 5.93. The molecule has 4 nitrogen and oxygen atoms in total. The molecule has 0 saturated heterocycles. The maximum Gasteiger partial charge on any atom is 0.308 e. The number of amides is 1. The van der Waals surface area contributed by atoms with Gasteiger partial charge in [0.1, 0.15) is 0 Å². The van der Waals surface area contributed by atoms with Crippen LogP contribution < -0.4 is 5.32 Å². The Hall–Kier alpha value is -2.62. The van der Waals surface area contributed by atoms with Crippen molar-refractivity contribution in [2.75, 3.05) is 6.54 Å². The normalized spacial score (nSPS) is 16.8. The highest BCUT2D eigenvalue weighted by atomic mass is 16.4. The Morgan fingerprint density at radius 2 is 1.78 bits per heavy atom. The first-order chi connectivity index (χ1) is 11.1. The van der Waals surface area contributed by atoms with Gasteiger partial charge >= 0.3 is 5.97 Å². The Morgan fingerprint density at radius 3 is 2.48 bits per heavy atom. The second kappa shape index (κ2) is 6.65. The van der Waals surface area contributed by atoms with Gasteiger partial charge in [0.05, 0.1) is 11.8 Å². The van der Waals surface area contributed by atoms with Crippen molar-refractivity contribution in [1.82, 2.24) is 5.32 Å². The molecule has 0 bridgehead atoms. The quantitative estimate of drug-likeness (QED) is 0.861. The molecule has 1 aliphatic rings. The number of nitrogens with one attached hydrogen (secondary N) is 1. The smallest absolute Gasteiger partial charge is 0.308 e. The number of carbonyl (C=O) groups excluding carboxylic acids is 1. The molecule has 23 heavy (non-hydrogen) atoms. The molecule has 0 aromatic heterocycles. The Labute approximate surface area is 135 Å². The van der Waals surface area contributed by atoms with Gasteiger partial charge in [0.25, 0.3) is 0 Å². The Balaban J connectivity index is 1.57. The highest BCUT2D eigenvalue weighted by molar-refractivity contribution is 5.87. The van der Waals surface area contributed by atoms with Gasteiger partial charge in [0, 0.05) is 6.54 Å². The van der Waals surface area contributed by atoms with Gasteiger partial charge in [-0.3, -0.25) is 9.59 Å². The van der Waals surface area contributed by atoms with Crippen molar-refractivity contribution in [3.8, 4) is 0 Å². The number of carboxylic acid groups (broad SMARTS) is 1. The molecule has 2 aromatic rings. The van der Waals surface area contributed by atoms with Crippen molar-refractivity contribution in [2.24, 2.45) is 5.92 Å². The summed E-state index contributed by atoms with van der Waals surface area (Å²) in [6, 6.07) is 17.3. The first kappa shape index (κ1) is 15.3. The highest BCUT2D eigenvalue weighted by Crippen LogP contribution is 2.34. The molecular weight excluding hydrogens is 290 g/mol. The largest absolute Gasteiger partial charge is 0.481 e. The molecule has 2 atom stereocenters. The molecule has 0 heterocycles. The standard InChI is InChI=1S/C19H19NO3/c21-18(17-11-14-8-4-5-9-16(14)17)20-12-15(19(22)23)10-13-6-2-1-3-7-13/h1-9,15,17H,10-12H2,(H,20,21)(H,22,23). The van der Waals surface area contributed by atoms with E-state index < -0.39 is 11.9 Å². The van der Waals surface area contributed by atoms with Crippen LogP contribution in [0, 0.1) is 5.92 Å². The van der Waals surface area contributed by atoms with Crippen LogP contribution in [0.3, 0.4) is 0 Å². The molecule has 3 rings (SSSR count). The van der Waals surface area contributed by atoms with Crippen molar-refractivity contribution in [3.05, 3.63) is 71.3 Å². The number of hydrogen-bond donors (Lipinski definition) is 2.